The maximum atomic E-state index is 13.6. The maximum Gasteiger partial charge on any atom is 0.252 e. The van der Waals surface area contributed by atoms with Crippen molar-refractivity contribution >= 4 is 16.9 Å². The van der Waals surface area contributed by atoms with E-state index in [1.807, 2.05) is 36.4 Å². The van der Waals surface area contributed by atoms with Crippen LogP contribution in [0.4, 0.5) is 0 Å². The van der Waals surface area contributed by atoms with Gasteiger partial charge in [0.1, 0.15) is 5.82 Å². The van der Waals surface area contributed by atoms with E-state index in [9.17, 15) is 4.79 Å². The zero-order valence-corrected chi connectivity index (χ0v) is 22.0. The van der Waals surface area contributed by atoms with Crippen LogP contribution in [0.25, 0.3) is 11.0 Å². The number of aromatic nitrogens is 2. The number of nitrogens with zero attached hydrogens (tertiary/aromatic N) is 2. The third-order valence-corrected chi connectivity index (χ3v) is 6.50. The van der Waals surface area contributed by atoms with Crippen molar-refractivity contribution in [3.05, 3.63) is 83.7 Å². The zero-order chi connectivity index (χ0) is 26.2. The third kappa shape index (κ3) is 5.88. The molecule has 1 heterocycles. The first-order chi connectivity index (χ1) is 18.1. The monoisotopic (exact) mass is 501 g/mol. The lowest BCUT2D eigenvalue weighted by molar-refractivity contribution is 0.0933. The van der Waals surface area contributed by atoms with Gasteiger partial charge < -0.3 is 24.1 Å². The van der Waals surface area contributed by atoms with Crippen molar-refractivity contribution in [1.82, 2.24) is 14.9 Å². The highest BCUT2D eigenvalue weighted by atomic mass is 16.5. The van der Waals surface area contributed by atoms with Crippen molar-refractivity contribution in [2.24, 2.45) is 0 Å². The summed E-state index contributed by atoms with van der Waals surface area (Å²) < 4.78 is 18.6. The summed E-state index contributed by atoms with van der Waals surface area (Å²) in [4.78, 5) is 18.6. The molecule has 37 heavy (non-hydrogen) atoms. The Kier molecular flexibility index (Phi) is 8.67. The molecule has 0 aliphatic heterocycles. The Hall–Kier alpha value is -4.00. The minimum Gasteiger partial charge on any atom is -0.493 e. The molecule has 0 saturated heterocycles. The van der Waals surface area contributed by atoms with Gasteiger partial charge in [-0.2, -0.15) is 0 Å². The first-order valence-electron chi connectivity index (χ1n) is 12.7. The Balaban J connectivity index is 1.75. The normalized spacial score (nSPS) is 11.8. The van der Waals surface area contributed by atoms with Crippen LogP contribution in [-0.2, 0) is 13.0 Å². The highest BCUT2D eigenvalue weighted by Crippen LogP contribution is 2.38. The number of unbranched alkanes of at least 4 members (excludes halogenated alkanes) is 2. The molecule has 0 saturated carbocycles. The number of hydrogen-bond donors (Lipinski definition) is 1. The number of ether oxygens (including phenoxy) is 3. The number of fused-ring (bicyclic) bond motifs is 1. The highest BCUT2D eigenvalue weighted by molar-refractivity contribution is 5.96. The SMILES string of the molecule is CCCCCn1c([C@H](Cc2ccccc2)NC(=O)c2cc(OC)c(OC)c(OC)c2)nc2ccccc21. The molecule has 1 aromatic heterocycles. The fourth-order valence-electron chi connectivity index (χ4n) is 4.63. The van der Waals surface area contributed by atoms with E-state index in [1.165, 1.54) is 14.2 Å². The molecule has 4 rings (SSSR count). The fraction of sp³-hybridized carbons (Fsp3) is 0.333. The van der Waals surface area contributed by atoms with E-state index >= 15 is 0 Å². The number of hydrogen-bond acceptors (Lipinski definition) is 5. The number of nitrogens with one attached hydrogen (secondary N) is 1. The molecule has 0 aliphatic rings. The second kappa shape index (κ2) is 12.3. The van der Waals surface area contributed by atoms with Gasteiger partial charge in [0.25, 0.3) is 5.91 Å². The van der Waals surface area contributed by atoms with Gasteiger partial charge in [-0.05, 0) is 42.7 Å². The van der Waals surface area contributed by atoms with Crippen molar-refractivity contribution in [2.45, 2.75) is 45.2 Å². The highest BCUT2D eigenvalue weighted by Gasteiger charge is 2.25. The smallest absolute Gasteiger partial charge is 0.252 e. The zero-order valence-electron chi connectivity index (χ0n) is 22.0. The molecular weight excluding hydrogens is 466 g/mol. The van der Waals surface area contributed by atoms with Crippen LogP contribution in [0.5, 0.6) is 17.2 Å². The van der Waals surface area contributed by atoms with Crippen LogP contribution in [0.1, 0.15) is 54.0 Å². The molecule has 4 aromatic rings. The standard InChI is InChI=1S/C30H35N3O4/c1-5-6-12-17-33-25-16-11-10-15-23(25)31-29(33)24(18-21-13-8-7-9-14-21)32-30(34)22-19-26(35-2)28(37-4)27(20-22)36-3/h7-11,13-16,19-20,24H,5-6,12,17-18H2,1-4H3,(H,32,34)/t24-/m0/s1. The van der Waals surface area contributed by atoms with Crippen LogP contribution < -0.4 is 19.5 Å². The molecule has 0 fully saturated rings. The summed E-state index contributed by atoms with van der Waals surface area (Å²) in [6, 6.07) is 21.3. The molecule has 0 aliphatic carbocycles. The van der Waals surface area contributed by atoms with Gasteiger partial charge >= 0.3 is 0 Å². The molecule has 0 unspecified atom stereocenters. The number of benzene rings is 3. The van der Waals surface area contributed by atoms with Crippen LogP contribution >= 0.6 is 0 Å². The Morgan fingerprint density at radius 2 is 1.59 bits per heavy atom. The number of para-hydroxylation sites is 2. The number of aryl methyl sites for hydroxylation is 1. The van der Waals surface area contributed by atoms with Gasteiger partial charge in [-0.25, -0.2) is 4.98 Å². The number of carbonyl (C=O) groups is 1. The second-order valence-electron chi connectivity index (χ2n) is 8.95. The topological polar surface area (TPSA) is 74.6 Å². The van der Waals surface area contributed by atoms with E-state index in [2.05, 4.69) is 35.0 Å². The predicted molar refractivity (Wildman–Crippen MR) is 146 cm³/mol. The van der Waals surface area contributed by atoms with Crippen LogP contribution in [-0.4, -0.2) is 36.8 Å². The summed E-state index contributed by atoms with van der Waals surface area (Å²) >= 11 is 0. The first kappa shape index (κ1) is 26.1. The summed E-state index contributed by atoms with van der Waals surface area (Å²) in [7, 11) is 4.62. The fourth-order valence-corrected chi connectivity index (χ4v) is 4.63. The Bertz CT molecular complexity index is 1310. The summed E-state index contributed by atoms with van der Waals surface area (Å²) in [5.74, 6) is 1.91. The molecule has 194 valence electrons. The first-order valence-corrected chi connectivity index (χ1v) is 12.7. The van der Waals surface area contributed by atoms with Gasteiger partial charge in [-0.15, -0.1) is 0 Å². The Morgan fingerprint density at radius 1 is 0.919 bits per heavy atom. The minimum atomic E-state index is -0.344. The molecule has 0 spiro atoms. The van der Waals surface area contributed by atoms with Gasteiger partial charge in [0.2, 0.25) is 5.75 Å². The van der Waals surface area contributed by atoms with Gasteiger partial charge in [0, 0.05) is 12.1 Å². The lowest BCUT2D eigenvalue weighted by Gasteiger charge is -2.21. The van der Waals surface area contributed by atoms with Crippen molar-refractivity contribution in [3.8, 4) is 17.2 Å². The predicted octanol–water partition coefficient (Wildman–Crippen LogP) is 5.97. The molecule has 0 bridgehead atoms. The van der Waals surface area contributed by atoms with Crippen molar-refractivity contribution in [1.29, 1.82) is 0 Å². The van der Waals surface area contributed by atoms with E-state index in [1.54, 1.807) is 19.2 Å². The Morgan fingerprint density at radius 3 is 2.24 bits per heavy atom. The average molecular weight is 502 g/mol. The number of methoxy groups -OCH3 is 3. The van der Waals surface area contributed by atoms with Gasteiger partial charge in [0.05, 0.1) is 38.4 Å². The second-order valence-corrected chi connectivity index (χ2v) is 8.95. The van der Waals surface area contributed by atoms with E-state index in [0.717, 1.165) is 48.2 Å². The van der Waals surface area contributed by atoms with E-state index in [4.69, 9.17) is 19.2 Å². The molecule has 1 atom stereocenters. The van der Waals surface area contributed by atoms with Crippen molar-refractivity contribution in [3.63, 3.8) is 0 Å². The summed E-state index contributed by atoms with van der Waals surface area (Å²) in [5.41, 5.74) is 3.54. The van der Waals surface area contributed by atoms with Gasteiger partial charge in [-0.1, -0.05) is 62.2 Å². The molecular formula is C30H35N3O4. The van der Waals surface area contributed by atoms with Crippen molar-refractivity contribution in [2.75, 3.05) is 21.3 Å². The number of imidazole rings is 1. The van der Waals surface area contributed by atoms with Crippen LogP contribution in [0.15, 0.2) is 66.7 Å². The number of amides is 1. The third-order valence-electron chi connectivity index (χ3n) is 6.50. The van der Waals surface area contributed by atoms with Crippen LogP contribution in [0.3, 0.4) is 0 Å². The summed E-state index contributed by atoms with van der Waals surface area (Å²) in [6.45, 7) is 3.04. The van der Waals surface area contributed by atoms with Crippen molar-refractivity contribution < 1.29 is 19.0 Å². The van der Waals surface area contributed by atoms with E-state index in [0.29, 0.717) is 29.2 Å². The summed E-state index contributed by atoms with van der Waals surface area (Å²) in [6.07, 6.45) is 3.91. The molecule has 7 nitrogen and oxygen atoms in total. The van der Waals surface area contributed by atoms with Gasteiger partial charge in [0.15, 0.2) is 11.5 Å². The van der Waals surface area contributed by atoms with E-state index in [-0.39, 0.29) is 11.9 Å². The molecule has 1 amide bonds. The minimum absolute atomic E-state index is 0.243. The maximum absolute atomic E-state index is 13.6. The molecule has 3 aromatic carbocycles. The largest absolute Gasteiger partial charge is 0.493 e. The Labute approximate surface area is 218 Å². The average Bonchev–Trinajstić information content (AvgIpc) is 3.31. The molecule has 7 heteroatoms. The lowest BCUT2D eigenvalue weighted by Crippen LogP contribution is -2.32. The van der Waals surface area contributed by atoms with Crippen LogP contribution in [0, 0.1) is 0 Å². The van der Waals surface area contributed by atoms with Gasteiger partial charge in [-0.3, -0.25) is 4.79 Å². The number of carbonyl (C=O) groups excluding carboxylic acids is 1. The van der Waals surface area contributed by atoms with Crippen LogP contribution in [0.2, 0.25) is 0 Å². The molecule has 1 N–H and O–H groups in total. The summed E-state index contributed by atoms with van der Waals surface area (Å²) in [5, 5.41) is 3.26. The number of rotatable bonds is 12. The quantitative estimate of drug-likeness (QED) is 0.242. The molecule has 0 radical (unpaired) electrons. The lowest BCUT2D eigenvalue weighted by atomic mass is 10.0. The van der Waals surface area contributed by atoms with E-state index < -0.39 is 0 Å².